The van der Waals surface area contributed by atoms with Crippen LogP contribution in [0.2, 0.25) is 0 Å². The summed E-state index contributed by atoms with van der Waals surface area (Å²) in [5.41, 5.74) is 1.34. The van der Waals surface area contributed by atoms with Crippen LogP contribution in [0.15, 0.2) is 52.0 Å². The molecule has 0 radical (unpaired) electrons. The van der Waals surface area contributed by atoms with Crippen LogP contribution >= 0.6 is 11.8 Å². The minimum absolute atomic E-state index is 0.889. The Bertz CT molecular complexity index is 436. The van der Waals surface area contributed by atoms with Gasteiger partial charge in [-0.05, 0) is 42.8 Å². The smallest absolute Gasteiger partial charge is 0.113 e. The first-order chi connectivity index (χ1) is 8.88. The molecular weight excluding hydrogens is 242 g/mol. The summed E-state index contributed by atoms with van der Waals surface area (Å²) in [7, 11) is 0. The third-order valence-electron chi connectivity index (χ3n) is 2.64. The van der Waals surface area contributed by atoms with Crippen LogP contribution in [0.25, 0.3) is 0 Å². The van der Waals surface area contributed by atoms with Gasteiger partial charge in [-0.25, -0.2) is 0 Å². The van der Waals surface area contributed by atoms with Gasteiger partial charge in [0.15, 0.2) is 0 Å². The SMILES string of the molecule is CCCNCc1ccc(SCc2ccco2)cc1. The van der Waals surface area contributed by atoms with Gasteiger partial charge in [-0.2, -0.15) is 0 Å². The van der Waals surface area contributed by atoms with E-state index in [4.69, 9.17) is 4.42 Å². The first-order valence-corrected chi connectivity index (χ1v) is 7.32. The molecule has 0 aliphatic carbocycles. The van der Waals surface area contributed by atoms with E-state index in [2.05, 4.69) is 36.5 Å². The van der Waals surface area contributed by atoms with Crippen LogP contribution in [0.4, 0.5) is 0 Å². The molecule has 0 bridgehead atoms. The molecule has 0 spiro atoms. The van der Waals surface area contributed by atoms with Gasteiger partial charge in [0, 0.05) is 11.4 Å². The fraction of sp³-hybridized carbons (Fsp3) is 0.333. The highest BCUT2D eigenvalue weighted by atomic mass is 32.2. The molecule has 96 valence electrons. The third kappa shape index (κ3) is 4.24. The number of furan rings is 1. The number of thioether (sulfide) groups is 1. The van der Waals surface area contributed by atoms with Crippen LogP contribution in [0.5, 0.6) is 0 Å². The van der Waals surface area contributed by atoms with Crippen LogP contribution in [-0.4, -0.2) is 6.54 Å². The fourth-order valence-electron chi connectivity index (χ4n) is 1.66. The quantitative estimate of drug-likeness (QED) is 0.601. The van der Waals surface area contributed by atoms with Crippen molar-refractivity contribution in [1.82, 2.24) is 5.32 Å². The predicted octanol–water partition coefficient (Wildman–Crippen LogP) is 4.07. The van der Waals surface area contributed by atoms with E-state index in [1.165, 1.54) is 16.9 Å². The van der Waals surface area contributed by atoms with Gasteiger partial charge < -0.3 is 9.73 Å². The molecule has 1 aromatic heterocycles. The Kier molecular flexibility index (Phi) is 5.36. The lowest BCUT2D eigenvalue weighted by Gasteiger charge is -2.04. The van der Waals surface area contributed by atoms with E-state index in [1.54, 1.807) is 18.0 Å². The zero-order chi connectivity index (χ0) is 12.6. The van der Waals surface area contributed by atoms with Gasteiger partial charge in [0.2, 0.25) is 0 Å². The van der Waals surface area contributed by atoms with E-state index < -0.39 is 0 Å². The Morgan fingerprint density at radius 1 is 1.17 bits per heavy atom. The average molecular weight is 261 g/mol. The lowest BCUT2D eigenvalue weighted by Crippen LogP contribution is -2.13. The largest absolute Gasteiger partial charge is 0.468 e. The molecule has 0 unspecified atom stereocenters. The molecular formula is C15H19NOS. The molecule has 1 N–H and O–H groups in total. The molecule has 0 saturated carbocycles. The minimum atomic E-state index is 0.889. The Morgan fingerprint density at radius 2 is 2.00 bits per heavy atom. The lowest BCUT2D eigenvalue weighted by atomic mass is 10.2. The van der Waals surface area contributed by atoms with Gasteiger partial charge in [-0.1, -0.05) is 19.1 Å². The molecule has 0 saturated heterocycles. The maximum Gasteiger partial charge on any atom is 0.113 e. The van der Waals surface area contributed by atoms with Crippen LogP contribution in [0.1, 0.15) is 24.7 Å². The van der Waals surface area contributed by atoms with Crippen molar-refractivity contribution in [1.29, 1.82) is 0 Å². The van der Waals surface area contributed by atoms with E-state index in [9.17, 15) is 0 Å². The van der Waals surface area contributed by atoms with Gasteiger partial charge in [0.05, 0.1) is 12.0 Å². The highest BCUT2D eigenvalue weighted by Crippen LogP contribution is 2.23. The van der Waals surface area contributed by atoms with Crippen molar-refractivity contribution in [2.75, 3.05) is 6.54 Å². The summed E-state index contributed by atoms with van der Waals surface area (Å²) in [5.74, 6) is 1.91. The zero-order valence-corrected chi connectivity index (χ0v) is 11.5. The van der Waals surface area contributed by atoms with Gasteiger partial charge in [0.1, 0.15) is 5.76 Å². The number of benzene rings is 1. The Hall–Kier alpha value is -1.19. The van der Waals surface area contributed by atoms with Crippen molar-refractivity contribution in [3.8, 4) is 0 Å². The summed E-state index contributed by atoms with van der Waals surface area (Å²) in [5, 5.41) is 3.40. The summed E-state index contributed by atoms with van der Waals surface area (Å²) in [6.45, 7) is 4.22. The third-order valence-corrected chi connectivity index (χ3v) is 3.67. The number of rotatable bonds is 7. The molecule has 1 heterocycles. The van der Waals surface area contributed by atoms with Gasteiger partial charge in [-0.15, -0.1) is 11.8 Å². The molecule has 1 aromatic carbocycles. The van der Waals surface area contributed by atoms with Crippen LogP contribution < -0.4 is 5.32 Å². The molecule has 18 heavy (non-hydrogen) atoms. The summed E-state index contributed by atoms with van der Waals surface area (Å²) < 4.78 is 5.31. The van der Waals surface area contributed by atoms with Crippen LogP contribution in [0, 0.1) is 0 Å². The van der Waals surface area contributed by atoms with Crippen molar-refractivity contribution >= 4 is 11.8 Å². The molecule has 3 heteroatoms. The van der Waals surface area contributed by atoms with E-state index in [1.807, 2.05) is 12.1 Å². The summed E-state index contributed by atoms with van der Waals surface area (Å²) in [6, 6.07) is 12.7. The summed E-state index contributed by atoms with van der Waals surface area (Å²) >= 11 is 1.80. The van der Waals surface area contributed by atoms with E-state index in [0.29, 0.717) is 0 Å². The molecule has 0 amide bonds. The average Bonchev–Trinajstić information content (AvgIpc) is 2.91. The molecule has 0 atom stereocenters. The van der Waals surface area contributed by atoms with Crippen molar-refractivity contribution in [3.05, 3.63) is 54.0 Å². The molecule has 0 fully saturated rings. The van der Waals surface area contributed by atoms with Crippen molar-refractivity contribution < 1.29 is 4.42 Å². The minimum Gasteiger partial charge on any atom is -0.468 e. The monoisotopic (exact) mass is 261 g/mol. The Morgan fingerprint density at radius 3 is 2.67 bits per heavy atom. The maximum atomic E-state index is 5.31. The van der Waals surface area contributed by atoms with E-state index in [0.717, 1.165) is 24.6 Å². The maximum absolute atomic E-state index is 5.31. The summed E-state index contributed by atoms with van der Waals surface area (Å²) in [6.07, 6.45) is 2.90. The van der Waals surface area contributed by atoms with Crippen LogP contribution in [0.3, 0.4) is 0 Å². The van der Waals surface area contributed by atoms with Crippen LogP contribution in [-0.2, 0) is 12.3 Å². The van der Waals surface area contributed by atoms with Crippen molar-refractivity contribution in [2.24, 2.45) is 0 Å². The standard InChI is InChI=1S/C15H19NOS/c1-2-9-16-11-13-5-7-15(8-6-13)18-12-14-4-3-10-17-14/h3-8,10,16H,2,9,11-12H2,1H3. The second kappa shape index (κ2) is 7.29. The lowest BCUT2D eigenvalue weighted by molar-refractivity contribution is 0.530. The number of nitrogens with one attached hydrogen (secondary N) is 1. The highest BCUT2D eigenvalue weighted by molar-refractivity contribution is 7.98. The second-order valence-electron chi connectivity index (χ2n) is 4.19. The van der Waals surface area contributed by atoms with E-state index in [-0.39, 0.29) is 0 Å². The Balaban J connectivity index is 1.80. The molecule has 2 nitrogen and oxygen atoms in total. The number of hydrogen-bond donors (Lipinski definition) is 1. The normalized spacial score (nSPS) is 10.7. The van der Waals surface area contributed by atoms with E-state index >= 15 is 0 Å². The first kappa shape index (κ1) is 13.2. The topological polar surface area (TPSA) is 25.2 Å². The molecule has 2 rings (SSSR count). The van der Waals surface area contributed by atoms with Gasteiger partial charge >= 0.3 is 0 Å². The van der Waals surface area contributed by atoms with Gasteiger partial charge in [0.25, 0.3) is 0 Å². The molecule has 0 aliphatic heterocycles. The predicted molar refractivity (Wildman–Crippen MR) is 76.7 cm³/mol. The molecule has 0 aliphatic rings. The zero-order valence-electron chi connectivity index (χ0n) is 10.7. The summed E-state index contributed by atoms with van der Waals surface area (Å²) in [4.78, 5) is 1.28. The van der Waals surface area contributed by atoms with Gasteiger partial charge in [-0.3, -0.25) is 0 Å². The highest BCUT2D eigenvalue weighted by Gasteiger charge is 1.99. The second-order valence-corrected chi connectivity index (χ2v) is 5.24. The first-order valence-electron chi connectivity index (χ1n) is 6.33. The fourth-order valence-corrected chi connectivity index (χ4v) is 2.46. The van der Waals surface area contributed by atoms with Crippen molar-refractivity contribution in [3.63, 3.8) is 0 Å². The number of hydrogen-bond acceptors (Lipinski definition) is 3. The van der Waals surface area contributed by atoms with Crippen molar-refractivity contribution in [2.45, 2.75) is 30.5 Å². The Labute approximate surface area is 113 Å². The molecule has 2 aromatic rings.